The molecule has 1 amide bonds. The van der Waals surface area contributed by atoms with Crippen molar-refractivity contribution in [1.29, 1.82) is 0 Å². The lowest BCUT2D eigenvalue weighted by atomic mass is 10.0. The number of aromatic amines is 1. The Hall–Kier alpha value is -1.58. The zero-order valence-corrected chi connectivity index (χ0v) is 12.4. The molecule has 110 valence electrons. The predicted molar refractivity (Wildman–Crippen MR) is 80.1 cm³/mol. The number of pyridine rings is 1. The highest BCUT2D eigenvalue weighted by Gasteiger charge is 2.40. The summed E-state index contributed by atoms with van der Waals surface area (Å²) in [5.74, 6) is -0.268. The SMILES string of the molecule is CCCCCCNC(=O)c1ccc(C2(C)CC2)[nH]c1=O. The van der Waals surface area contributed by atoms with Gasteiger partial charge in [0.1, 0.15) is 5.56 Å². The molecule has 0 radical (unpaired) electrons. The minimum Gasteiger partial charge on any atom is -0.352 e. The molecule has 4 nitrogen and oxygen atoms in total. The number of unbranched alkanes of at least 4 members (excludes halogenated alkanes) is 3. The van der Waals surface area contributed by atoms with Crippen LogP contribution in [0.3, 0.4) is 0 Å². The van der Waals surface area contributed by atoms with E-state index >= 15 is 0 Å². The van der Waals surface area contributed by atoms with Crippen LogP contribution in [0.1, 0.15) is 68.4 Å². The van der Waals surface area contributed by atoms with Crippen molar-refractivity contribution >= 4 is 5.91 Å². The summed E-state index contributed by atoms with van der Waals surface area (Å²) in [6, 6.07) is 3.53. The molecule has 1 heterocycles. The van der Waals surface area contributed by atoms with Crippen molar-refractivity contribution in [2.75, 3.05) is 6.54 Å². The zero-order valence-electron chi connectivity index (χ0n) is 12.4. The molecule has 0 atom stereocenters. The van der Waals surface area contributed by atoms with Gasteiger partial charge in [-0.1, -0.05) is 33.1 Å². The van der Waals surface area contributed by atoms with E-state index in [0.717, 1.165) is 31.4 Å². The Morgan fingerprint density at radius 2 is 2.05 bits per heavy atom. The molecule has 2 rings (SSSR count). The first-order valence-corrected chi connectivity index (χ1v) is 7.59. The number of hydrogen-bond donors (Lipinski definition) is 2. The molecule has 0 spiro atoms. The Labute approximate surface area is 120 Å². The summed E-state index contributed by atoms with van der Waals surface area (Å²) in [7, 11) is 0. The van der Waals surface area contributed by atoms with Crippen LogP contribution in [0, 0.1) is 0 Å². The van der Waals surface area contributed by atoms with Gasteiger partial charge < -0.3 is 10.3 Å². The highest BCUT2D eigenvalue weighted by atomic mass is 16.2. The van der Waals surface area contributed by atoms with Gasteiger partial charge in [-0.2, -0.15) is 0 Å². The van der Waals surface area contributed by atoms with Crippen molar-refractivity contribution in [2.24, 2.45) is 0 Å². The van der Waals surface area contributed by atoms with Crippen LogP contribution < -0.4 is 10.9 Å². The Balaban J connectivity index is 1.92. The summed E-state index contributed by atoms with van der Waals surface area (Å²) in [5, 5.41) is 2.81. The van der Waals surface area contributed by atoms with Gasteiger partial charge in [0.05, 0.1) is 0 Å². The fourth-order valence-electron chi connectivity index (χ4n) is 2.31. The number of carbonyl (C=O) groups excluding carboxylic acids is 1. The fourth-order valence-corrected chi connectivity index (χ4v) is 2.31. The molecule has 0 bridgehead atoms. The molecule has 0 saturated heterocycles. The van der Waals surface area contributed by atoms with Gasteiger partial charge in [-0.05, 0) is 31.4 Å². The van der Waals surface area contributed by atoms with Crippen molar-refractivity contribution < 1.29 is 4.79 Å². The van der Waals surface area contributed by atoms with Crippen LogP contribution >= 0.6 is 0 Å². The van der Waals surface area contributed by atoms with E-state index in [4.69, 9.17) is 0 Å². The van der Waals surface area contributed by atoms with Gasteiger partial charge in [0.25, 0.3) is 11.5 Å². The summed E-state index contributed by atoms with van der Waals surface area (Å²) >= 11 is 0. The second kappa shape index (κ2) is 6.25. The van der Waals surface area contributed by atoms with Crippen molar-refractivity contribution in [2.45, 2.75) is 57.8 Å². The molecule has 1 saturated carbocycles. The summed E-state index contributed by atoms with van der Waals surface area (Å²) in [6.45, 7) is 4.92. The Kier molecular flexibility index (Phi) is 4.63. The van der Waals surface area contributed by atoms with Crippen molar-refractivity contribution in [3.8, 4) is 0 Å². The largest absolute Gasteiger partial charge is 0.352 e. The van der Waals surface area contributed by atoms with E-state index in [9.17, 15) is 9.59 Å². The molecule has 1 aliphatic carbocycles. The van der Waals surface area contributed by atoms with Crippen LogP contribution in [0.15, 0.2) is 16.9 Å². The third-order valence-corrected chi connectivity index (χ3v) is 4.12. The molecule has 1 aliphatic rings. The standard InChI is InChI=1S/C16H24N2O2/c1-3-4-5-6-11-17-14(19)12-7-8-13(18-15(12)20)16(2)9-10-16/h7-8H,3-6,9-11H2,1-2H3,(H,17,19)(H,18,20). The topological polar surface area (TPSA) is 62.0 Å². The molecule has 0 aliphatic heterocycles. The molecule has 0 unspecified atom stereocenters. The van der Waals surface area contributed by atoms with Gasteiger partial charge in [0, 0.05) is 17.7 Å². The molecular formula is C16H24N2O2. The minimum absolute atomic E-state index is 0.119. The lowest BCUT2D eigenvalue weighted by molar-refractivity contribution is 0.0951. The van der Waals surface area contributed by atoms with Gasteiger partial charge in [-0.3, -0.25) is 9.59 Å². The second-order valence-electron chi connectivity index (χ2n) is 5.99. The zero-order chi connectivity index (χ0) is 14.6. The molecule has 1 fully saturated rings. The van der Waals surface area contributed by atoms with E-state index in [2.05, 4.69) is 24.1 Å². The number of carbonyl (C=O) groups is 1. The molecule has 2 N–H and O–H groups in total. The van der Waals surface area contributed by atoms with Crippen molar-refractivity contribution in [1.82, 2.24) is 10.3 Å². The average Bonchev–Trinajstić information content (AvgIpc) is 3.17. The van der Waals surface area contributed by atoms with Crippen LogP contribution in [0.25, 0.3) is 0 Å². The summed E-state index contributed by atoms with van der Waals surface area (Å²) in [4.78, 5) is 26.8. The lowest BCUT2D eigenvalue weighted by Crippen LogP contribution is -2.31. The molecule has 4 heteroatoms. The first-order valence-electron chi connectivity index (χ1n) is 7.59. The van der Waals surface area contributed by atoms with Gasteiger partial charge in [0.2, 0.25) is 0 Å². The highest BCUT2D eigenvalue weighted by Crippen LogP contribution is 2.46. The van der Waals surface area contributed by atoms with Gasteiger partial charge in [-0.25, -0.2) is 0 Å². The minimum atomic E-state index is -0.276. The number of hydrogen-bond acceptors (Lipinski definition) is 2. The van der Waals surface area contributed by atoms with Crippen LogP contribution in [0.2, 0.25) is 0 Å². The normalized spacial score (nSPS) is 15.9. The second-order valence-corrected chi connectivity index (χ2v) is 5.99. The summed E-state index contributed by atoms with van der Waals surface area (Å²) < 4.78 is 0. The smallest absolute Gasteiger partial charge is 0.261 e. The van der Waals surface area contributed by atoms with Crippen LogP contribution in [-0.2, 0) is 5.41 Å². The lowest BCUT2D eigenvalue weighted by Gasteiger charge is -2.09. The van der Waals surface area contributed by atoms with E-state index < -0.39 is 0 Å². The molecule has 0 aromatic carbocycles. The van der Waals surface area contributed by atoms with Gasteiger partial charge >= 0.3 is 0 Å². The Morgan fingerprint density at radius 1 is 1.30 bits per heavy atom. The number of nitrogens with one attached hydrogen (secondary N) is 2. The first kappa shape index (κ1) is 14.8. The molecule has 1 aromatic heterocycles. The number of rotatable bonds is 7. The number of amides is 1. The van der Waals surface area contributed by atoms with E-state index in [1.807, 2.05) is 6.07 Å². The maximum atomic E-state index is 12.0. The van der Waals surface area contributed by atoms with E-state index in [-0.39, 0.29) is 22.4 Å². The third-order valence-electron chi connectivity index (χ3n) is 4.12. The maximum absolute atomic E-state index is 12.0. The number of aromatic nitrogens is 1. The Bertz CT molecular complexity index is 530. The third kappa shape index (κ3) is 3.50. The first-order chi connectivity index (χ1) is 9.57. The van der Waals surface area contributed by atoms with E-state index in [1.54, 1.807) is 6.07 Å². The van der Waals surface area contributed by atoms with Crippen LogP contribution in [-0.4, -0.2) is 17.4 Å². The van der Waals surface area contributed by atoms with Crippen LogP contribution in [0.4, 0.5) is 0 Å². The summed E-state index contributed by atoms with van der Waals surface area (Å²) in [6.07, 6.45) is 6.65. The fraction of sp³-hybridized carbons (Fsp3) is 0.625. The van der Waals surface area contributed by atoms with Gasteiger partial charge in [0.15, 0.2) is 0 Å². The van der Waals surface area contributed by atoms with Crippen molar-refractivity contribution in [3.05, 3.63) is 33.7 Å². The van der Waals surface area contributed by atoms with E-state index in [0.29, 0.717) is 6.54 Å². The van der Waals surface area contributed by atoms with E-state index in [1.165, 1.54) is 12.8 Å². The molecular weight excluding hydrogens is 252 g/mol. The number of H-pyrrole nitrogens is 1. The van der Waals surface area contributed by atoms with Gasteiger partial charge in [-0.15, -0.1) is 0 Å². The molecule has 20 heavy (non-hydrogen) atoms. The average molecular weight is 276 g/mol. The Morgan fingerprint density at radius 3 is 2.65 bits per heavy atom. The van der Waals surface area contributed by atoms with Crippen LogP contribution in [0.5, 0.6) is 0 Å². The summed E-state index contributed by atoms with van der Waals surface area (Å²) in [5.41, 5.74) is 1.01. The quantitative estimate of drug-likeness (QED) is 0.752. The molecule has 1 aromatic rings. The predicted octanol–water partition coefficient (Wildman–Crippen LogP) is 2.74. The monoisotopic (exact) mass is 276 g/mol. The highest BCUT2D eigenvalue weighted by molar-refractivity contribution is 5.93. The maximum Gasteiger partial charge on any atom is 0.261 e. The van der Waals surface area contributed by atoms with Crippen molar-refractivity contribution in [3.63, 3.8) is 0 Å².